The standard InChI is InChI=1S/C8H14O3S/c1-2-3-7-4-8(5-7)6-12(9,10)11/h3,8H,2,4-6H2,1H3,(H,9,10,11). The van der Waals surface area contributed by atoms with Crippen LogP contribution < -0.4 is 0 Å². The van der Waals surface area contributed by atoms with Crippen LogP contribution >= 0.6 is 0 Å². The molecule has 1 aliphatic carbocycles. The zero-order valence-electron chi connectivity index (χ0n) is 7.16. The third kappa shape index (κ3) is 2.95. The van der Waals surface area contributed by atoms with Gasteiger partial charge >= 0.3 is 0 Å². The third-order valence-corrected chi connectivity index (χ3v) is 2.93. The maximum absolute atomic E-state index is 10.4. The second-order valence-electron chi connectivity index (χ2n) is 3.29. The lowest BCUT2D eigenvalue weighted by Crippen LogP contribution is -2.23. The monoisotopic (exact) mass is 190 g/mol. The van der Waals surface area contributed by atoms with Crippen molar-refractivity contribution in [2.45, 2.75) is 26.2 Å². The molecule has 0 unspecified atom stereocenters. The summed E-state index contributed by atoms with van der Waals surface area (Å²) in [7, 11) is -3.75. The van der Waals surface area contributed by atoms with E-state index in [2.05, 4.69) is 13.0 Å². The largest absolute Gasteiger partial charge is 0.286 e. The molecule has 1 N–H and O–H groups in total. The summed E-state index contributed by atoms with van der Waals surface area (Å²) < 4.78 is 29.4. The van der Waals surface area contributed by atoms with Gasteiger partial charge in [0.25, 0.3) is 10.1 Å². The Morgan fingerprint density at radius 2 is 2.17 bits per heavy atom. The average Bonchev–Trinajstić information content (AvgIpc) is 1.80. The molecule has 0 saturated heterocycles. The van der Waals surface area contributed by atoms with E-state index in [1.54, 1.807) is 0 Å². The van der Waals surface area contributed by atoms with Gasteiger partial charge in [-0.2, -0.15) is 8.42 Å². The van der Waals surface area contributed by atoms with Gasteiger partial charge in [-0.15, -0.1) is 0 Å². The first-order valence-electron chi connectivity index (χ1n) is 4.14. The fourth-order valence-corrected chi connectivity index (χ4v) is 2.38. The number of rotatable bonds is 3. The molecule has 70 valence electrons. The van der Waals surface area contributed by atoms with E-state index in [0.29, 0.717) is 0 Å². The van der Waals surface area contributed by atoms with Gasteiger partial charge < -0.3 is 0 Å². The summed E-state index contributed by atoms with van der Waals surface area (Å²) >= 11 is 0. The van der Waals surface area contributed by atoms with Crippen molar-refractivity contribution in [2.24, 2.45) is 5.92 Å². The number of allylic oxidation sites excluding steroid dienone is 2. The summed E-state index contributed by atoms with van der Waals surface area (Å²) in [5, 5.41) is 0. The van der Waals surface area contributed by atoms with Crippen molar-refractivity contribution in [3.63, 3.8) is 0 Å². The second kappa shape index (κ2) is 3.58. The highest BCUT2D eigenvalue weighted by atomic mass is 32.2. The highest BCUT2D eigenvalue weighted by molar-refractivity contribution is 7.85. The van der Waals surface area contributed by atoms with E-state index in [1.807, 2.05) is 0 Å². The minimum absolute atomic E-state index is 0.0753. The molecule has 0 atom stereocenters. The van der Waals surface area contributed by atoms with Crippen LogP contribution in [0.4, 0.5) is 0 Å². The van der Waals surface area contributed by atoms with Crippen molar-refractivity contribution in [1.29, 1.82) is 0 Å². The molecular formula is C8H14O3S. The Morgan fingerprint density at radius 3 is 2.58 bits per heavy atom. The molecule has 0 aliphatic heterocycles. The normalized spacial score (nSPS) is 23.5. The van der Waals surface area contributed by atoms with Crippen molar-refractivity contribution < 1.29 is 13.0 Å². The highest BCUT2D eigenvalue weighted by Gasteiger charge is 2.26. The fourth-order valence-electron chi connectivity index (χ4n) is 1.55. The van der Waals surface area contributed by atoms with Gasteiger partial charge in [-0.05, 0) is 25.2 Å². The molecule has 0 spiro atoms. The van der Waals surface area contributed by atoms with Gasteiger partial charge in [-0.1, -0.05) is 18.6 Å². The quantitative estimate of drug-likeness (QED) is 0.543. The van der Waals surface area contributed by atoms with Gasteiger partial charge in [-0.3, -0.25) is 4.55 Å². The summed E-state index contributed by atoms with van der Waals surface area (Å²) in [6.07, 6.45) is 4.82. The Kier molecular flexibility index (Phi) is 2.90. The lowest BCUT2D eigenvalue weighted by Gasteiger charge is -2.27. The summed E-state index contributed by atoms with van der Waals surface area (Å²) in [5.41, 5.74) is 1.33. The number of hydrogen-bond donors (Lipinski definition) is 1. The Hall–Kier alpha value is -0.350. The third-order valence-electron chi connectivity index (χ3n) is 2.04. The van der Waals surface area contributed by atoms with E-state index in [-0.39, 0.29) is 11.7 Å². The summed E-state index contributed by atoms with van der Waals surface area (Å²) in [6, 6.07) is 0. The molecule has 0 heterocycles. The van der Waals surface area contributed by atoms with Crippen LogP contribution in [0.5, 0.6) is 0 Å². The molecule has 0 amide bonds. The van der Waals surface area contributed by atoms with Crippen molar-refractivity contribution in [3.8, 4) is 0 Å². The number of hydrogen-bond acceptors (Lipinski definition) is 2. The Balaban J connectivity index is 2.32. The van der Waals surface area contributed by atoms with E-state index in [9.17, 15) is 8.42 Å². The Labute approximate surface area is 73.2 Å². The van der Waals surface area contributed by atoms with Crippen LogP contribution in [0.2, 0.25) is 0 Å². The molecule has 1 aliphatic rings. The lowest BCUT2D eigenvalue weighted by atomic mass is 9.81. The van der Waals surface area contributed by atoms with Crippen molar-refractivity contribution in [1.82, 2.24) is 0 Å². The van der Waals surface area contributed by atoms with Gasteiger partial charge in [0.05, 0.1) is 5.75 Å². The van der Waals surface area contributed by atoms with Crippen LogP contribution in [0, 0.1) is 5.92 Å². The van der Waals surface area contributed by atoms with Gasteiger partial charge in [0.2, 0.25) is 0 Å². The smallest absolute Gasteiger partial charge is 0.265 e. The van der Waals surface area contributed by atoms with Gasteiger partial charge in [0.1, 0.15) is 0 Å². The summed E-state index contributed by atoms with van der Waals surface area (Å²) in [4.78, 5) is 0. The molecule has 0 aromatic carbocycles. The fraction of sp³-hybridized carbons (Fsp3) is 0.750. The van der Waals surface area contributed by atoms with Crippen molar-refractivity contribution >= 4 is 10.1 Å². The SMILES string of the molecule is CCC=C1CC(CS(=O)(=O)O)C1. The van der Waals surface area contributed by atoms with Gasteiger partial charge in [0, 0.05) is 0 Å². The molecular weight excluding hydrogens is 176 g/mol. The van der Waals surface area contributed by atoms with E-state index >= 15 is 0 Å². The second-order valence-corrected chi connectivity index (χ2v) is 4.79. The molecule has 12 heavy (non-hydrogen) atoms. The molecule has 0 aromatic heterocycles. The summed E-state index contributed by atoms with van der Waals surface area (Å²) in [5.74, 6) is 0.0754. The molecule has 0 radical (unpaired) electrons. The molecule has 0 aromatic rings. The van der Waals surface area contributed by atoms with Gasteiger partial charge in [0.15, 0.2) is 0 Å². The lowest BCUT2D eigenvalue weighted by molar-refractivity contribution is 0.422. The van der Waals surface area contributed by atoms with Crippen LogP contribution in [0.3, 0.4) is 0 Å². The highest BCUT2D eigenvalue weighted by Crippen LogP contribution is 2.33. The van der Waals surface area contributed by atoms with E-state index in [0.717, 1.165) is 19.3 Å². The topological polar surface area (TPSA) is 54.4 Å². The summed E-state index contributed by atoms with van der Waals surface area (Å²) in [6.45, 7) is 2.06. The molecule has 1 fully saturated rings. The average molecular weight is 190 g/mol. The maximum atomic E-state index is 10.4. The first kappa shape index (κ1) is 9.74. The van der Waals surface area contributed by atoms with Crippen LogP contribution in [-0.4, -0.2) is 18.7 Å². The predicted octanol–water partition coefficient (Wildman–Crippen LogP) is 1.62. The van der Waals surface area contributed by atoms with Crippen LogP contribution in [0.15, 0.2) is 11.6 Å². The minimum Gasteiger partial charge on any atom is -0.286 e. The van der Waals surface area contributed by atoms with Gasteiger partial charge in [-0.25, -0.2) is 0 Å². The van der Waals surface area contributed by atoms with Crippen molar-refractivity contribution in [3.05, 3.63) is 11.6 Å². The zero-order chi connectivity index (χ0) is 9.19. The van der Waals surface area contributed by atoms with Crippen LogP contribution in [0.25, 0.3) is 0 Å². The first-order valence-corrected chi connectivity index (χ1v) is 5.75. The molecule has 1 saturated carbocycles. The van der Waals surface area contributed by atoms with E-state index in [1.165, 1.54) is 5.57 Å². The predicted molar refractivity (Wildman–Crippen MR) is 47.5 cm³/mol. The Bertz CT molecular complexity index is 269. The maximum Gasteiger partial charge on any atom is 0.265 e. The zero-order valence-corrected chi connectivity index (χ0v) is 7.97. The first-order chi connectivity index (χ1) is 5.51. The van der Waals surface area contributed by atoms with E-state index in [4.69, 9.17) is 4.55 Å². The van der Waals surface area contributed by atoms with Crippen LogP contribution in [0.1, 0.15) is 26.2 Å². The van der Waals surface area contributed by atoms with E-state index < -0.39 is 10.1 Å². The molecule has 3 nitrogen and oxygen atoms in total. The molecule has 1 rings (SSSR count). The van der Waals surface area contributed by atoms with Crippen LogP contribution in [-0.2, 0) is 10.1 Å². The minimum atomic E-state index is -3.75. The Morgan fingerprint density at radius 1 is 1.58 bits per heavy atom. The molecule has 4 heteroatoms. The molecule has 0 bridgehead atoms. The van der Waals surface area contributed by atoms with Crippen molar-refractivity contribution in [2.75, 3.05) is 5.75 Å².